The van der Waals surface area contributed by atoms with Gasteiger partial charge in [-0.1, -0.05) is 31.0 Å². The summed E-state index contributed by atoms with van der Waals surface area (Å²) in [6.07, 6.45) is 4.01. The maximum Gasteiger partial charge on any atom is 0.252 e. The van der Waals surface area contributed by atoms with E-state index in [9.17, 15) is 14.4 Å². The second-order valence-corrected chi connectivity index (χ2v) is 8.36. The van der Waals surface area contributed by atoms with Gasteiger partial charge in [0.2, 0.25) is 11.8 Å². The minimum absolute atomic E-state index is 0.0665. The van der Waals surface area contributed by atoms with Crippen molar-refractivity contribution in [1.29, 1.82) is 0 Å². The molecule has 2 aromatic rings. The van der Waals surface area contributed by atoms with Gasteiger partial charge < -0.3 is 14.6 Å². The van der Waals surface area contributed by atoms with Crippen LogP contribution in [0, 0.1) is 0 Å². The Bertz CT molecular complexity index is 951. The Kier molecular flexibility index (Phi) is 5.49. The van der Waals surface area contributed by atoms with Gasteiger partial charge in [0.1, 0.15) is 17.8 Å². The van der Waals surface area contributed by atoms with Crippen LogP contribution in [0.4, 0.5) is 0 Å². The topological polar surface area (TPSA) is 104 Å². The number of amides is 3. The predicted molar refractivity (Wildman–Crippen MR) is 109 cm³/mol. The average molecular weight is 417 g/mol. The van der Waals surface area contributed by atoms with Gasteiger partial charge in [-0.2, -0.15) is 0 Å². The maximum atomic E-state index is 13.0. The summed E-state index contributed by atoms with van der Waals surface area (Å²) in [7, 11) is 0. The molecular formula is C20H24N4O4S. The van der Waals surface area contributed by atoms with Gasteiger partial charge in [0.15, 0.2) is 5.16 Å². The van der Waals surface area contributed by atoms with Crippen molar-refractivity contribution in [3.05, 3.63) is 18.2 Å². The molecular weight excluding hydrogens is 392 g/mol. The van der Waals surface area contributed by atoms with Crippen LogP contribution in [0.3, 0.4) is 0 Å². The van der Waals surface area contributed by atoms with Gasteiger partial charge in [0.25, 0.3) is 5.91 Å². The number of hydrogen-bond donors (Lipinski definition) is 2. The molecule has 2 N–H and O–H groups in total. The molecule has 3 amide bonds. The molecule has 1 saturated heterocycles. The highest BCUT2D eigenvalue weighted by molar-refractivity contribution is 7.99. The molecule has 9 heteroatoms. The number of imide groups is 1. The number of nitrogens with one attached hydrogen (secondary N) is 2. The molecule has 2 fully saturated rings. The van der Waals surface area contributed by atoms with Crippen molar-refractivity contribution in [2.45, 2.75) is 49.7 Å². The van der Waals surface area contributed by atoms with Crippen molar-refractivity contribution in [2.24, 2.45) is 0 Å². The first-order chi connectivity index (χ1) is 14.0. The molecule has 8 nitrogen and oxygen atoms in total. The maximum absolute atomic E-state index is 13.0. The molecule has 1 saturated carbocycles. The van der Waals surface area contributed by atoms with Crippen LogP contribution >= 0.6 is 11.8 Å². The van der Waals surface area contributed by atoms with Gasteiger partial charge in [-0.25, -0.2) is 4.98 Å². The van der Waals surface area contributed by atoms with Crippen LogP contribution in [0.25, 0.3) is 11.0 Å². The Labute approximate surface area is 172 Å². The summed E-state index contributed by atoms with van der Waals surface area (Å²) in [5.41, 5.74) is 0.742. The van der Waals surface area contributed by atoms with E-state index in [-0.39, 0.29) is 24.1 Å². The molecule has 2 heterocycles. The molecule has 1 aromatic heterocycles. The number of carbonyl (C=O) groups is 3. The lowest BCUT2D eigenvalue weighted by molar-refractivity contribution is -0.158. The Hall–Kier alpha value is -2.55. The van der Waals surface area contributed by atoms with Crippen LogP contribution in [0.2, 0.25) is 0 Å². The van der Waals surface area contributed by atoms with Gasteiger partial charge in [0.05, 0.1) is 23.4 Å². The Morgan fingerprint density at radius 1 is 1.28 bits per heavy atom. The quantitative estimate of drug-likeness (QED) is 0.572. The van der Waals surface area contributed by atoms with E-state index in [2.05, 4.69) is 15.3 Å². The van der Waals surface area contributed by atoms with E-state index in [1.807, 2.05) is 25.1 Å². The number of hydrogen-bond acceptors (Lipinski definition) is 6. The first kappa shape index (κ1) is 19.8. The lowest BCUT2D eigenvalue weighted by atomic mass is 9.78. The van der Waals surface area contributed by atoms with Gasteiger partial charge >= 0.3 is 0 Å². The summed E-state index contributed by atoms with van der Waals surface area (Å²) in [5, 5.41) is 3.04. The smallest absolute Gasteiger partial charge is 0.252 e. The number of aromatic amines is 1. The second-order valence-electron chi connectivity index (χ2n) is 7.39. The van der Waals surface area contributed by atoms with Crippen molar-refractivity contribution in [3.63, 3.8) is 0 Å². The molecule has 29 heavy (non-hydrogen) atoms. The van der Waals surface area contributed by atoms with E-state index in [0.717, 1.165) is 36.0 Å². The first-order valence-electron chi connectivity index (χ1n) is 9.92. The highest BCUT2D eigenvalue weighted by Crippen LogP contribution is 2.36. The summed E-state index contributed by atoms with van der Waals surface area (Å²) in [6, 6.07) is 5.60. The molecule has 0 radical (unpaired) electrons. The average Bonchev–Trinajstić information content (AvgIpc) is 3.12. The molecule has 1 aliphatic heterocycles. The van der Waals surface area contributed by atoms with E-state index >= 15 is 0 Å². The summed E-state index contributed by atoms with van der Waals surface area (Å²) < 4.78 is 5.50. The number of imidazole rings is 1. The number of carbonyl (C=O) groups excluding carboxylic acids is 3. The third-order valence-electron chi connectivity index (χ3n) is 5.55. The Morgan fingerprint density at radius 2 is 2.07 bits per heavy atom. The fourth-order valence-corrected chi connectivity index (χ4v) is 4.92. The first-order valence-corrected chi connectivity index (χ1v) is 10.9. The molecule has 0 bridgehead atoms. The summed E-state index contributed by atoms with van der Waals surface area (Å²) >= 11 is 1.28. The van der Waals surface area contributed by atoms with E-state index in [1.54, 1.807) is 0 Å². The molecule has 0 unspecified atom stereocenters. The number of nitrogens with zero attached hydrogens (tertiary/aromatic N) is 2. The lowest BCUT2D eigenvalue weighted by Gasteiger charge is -2.47. The number of benzene rings is 1. The highest BCUT2D eigenvalue weighted by Gasteiger charge is 2.50. The molecule has 1 aliphatic carbocycles. The monoisotopic (exact) mass is 416 g/mol. The zero-order valence-electron chi connectivity index (χ0n) is 16.3. The van der Waals surface area contributed by atoms with Crippen LogP contribution < -0.4 is 10.1 Å². The van der Waals surface area contributed by atoms with Crippen molar-refractivity contribution in [1.82, 2.24) is 20.2 Å². The zero-order valence-corrected chi connectivity index (χ0v) is 17.1. The second kappa shape index (κ2) is 8.06. The van der Waals surface area contributed by atoms with Crippen LogP contribution in [-0.4, -0.2) is 57.0 Å². The fraction of sp³-hybridized carbons (Fsp3) is 0.500. The van der Waals surface area contributed by atoms with Gasteiger partial charge in [0, 0.05) is 6.07 Å². The van der Waals surface area contributed by atoms with Crippen molar-refractivity contribution in [3.8, 4) is 5.75 Å². The fourth-order valence-electron chi connectivity index (χ4n) is 4.16. The number of H-pyrrole nitrogens is 1. The zero-order chi connectivity index (χ0) is 20.4. The molecule has 1 spiro atoms. The third kappa shape index (κ3) is 3.83. The van der Waals surface area contributed by atoms with E-state index in [1.165, 1.54) is 16.7 Å². The van der Waals surface area contributed by atoms with E-state index in [0.29, 0.717) is 24.6 Å². The number of aromatic nitrogens is 2. The van der Waals surface area contributed by atoms with Gasteiger partial charge in [-0.05, 0) is 31.9 Å². The number of ether oxygens (including phenoxy) is 1. The van der Waals surface area contributed by atoms with Crippen LogP contribution in [0.5, 0.6) is 5.75 Å². The highest BCUT2D eigenvalue weighted by atomic mass is 32.2. The number of piperazine rings is 1. The van der Waals surface area contributed by atoms with E-state index in [4.69, 9.17) is 4.74 Å². The molecule has 1 aromatic carbocycles. The summed E-state index contributed by atoms with van der Waals surface area (Å²) in [4.78, 5) is 46.7. The third-order valence-corrected chi connectivity index (χ3v) is 6.41. The molecule has 154 valence electrons. The molecule has 0 atom stereocenters. The van der Waals surface area contributed by atoms with Gasteiger partial charge in [-0.3, -0.25) is 19.7 Å². The summed E-state index contributed by atoms with van der Waals surface area (Å²) in [6.45, 7) is 2.44. The lowest BCUT2D eigenvalue weighted by Crippen LogP contribution is -2.69. The number of fused-ring (bicyclic) bond motifs is 1. The minimum atomic E-state index is -0.885. The Balaban J connectivity index is 1.48. The van der Waals surface area contributed by atoms with Crippen molar-refractivity contribution < 1.29 is 19.1 Å². The van der Waals surface area contributed by atoms with E-state index < -0.39 is 11.4 Å². The number of rotatable bonds is 5. The summed E-state index contributed by atoms with van der Waals surface area (Å²) in [5.74, 6) is -0.0971. The molecule has 4 rings (SSSR count). The van der Waals surface area contributed by atoms with Crippen LogP contribution in [0.1, 0.15) is 39.0 Å². The van der Waals surface area contributed by atoms with Crippen molar-refractivity contribution >= 4 is 40.5 Å². The predicted octanol–water partition coefficient (Wildman–Crippen LogP) is 2.24. The number of thioether (sulfide) groups is 1. The normalized spacial score (nSPS) is 18.9. The minimum Gasteiger partial charge on any atom is -0.494 e. The molecule has 2 aliphatic rings. The SMILES string of the molecule is CCOc1ccc2nc(SCC(=O)N3CC(=O)NC(=O)C34CCCCC4)[nH]c2c1. The Morgan fingerprint density at radius 3 is 2.83 bits per heavy atom. The largest absolute Gasteiger partial charge is 0.494 e. The standard InChI is InChI=1S/C20H24N4O4S/c1-2-28-13-6-7-14-15(10-13)22-19(21-14)29-12-17(26)24-11-16(25)23-18(27)20(24)8-4-3-5-9-20/h6-7,10H,2-5,8-9,11-12H2,1H3,(H,21,22)(H,23,25,27). The van der Waals surface area contributed by atoms with Gasteiger partial charge in [-0.15, -0.1) is 0 Å². The van der Waals surface area contributed by atoms with Crippen LogP contribution in [0.15, 0.2) is 23.4 Å². The van der Waals surface area contributed by atoms with Crippen LogP contribution in [-0.2, 0) is 14.4 Å². The van der Waals surface area contributed by atoms with Crippen molar-refractivity contribution in [2.75, 3.05) is 18.9 Å².